The molecule has 1 N–H and O–H groups in total. The highest BCUT2D eigenvalue weighted by molar-refractivity contribution is 7.92. The van der Waals surface area contributed by atoms with Gasteiger partial charge >= 0.3 is 0 Å². The third-order valence-electron chi connectivity index (χ3n) is 5.35. The van der Waals surface area contributed by atoms with Crippen LogP contribution in [0, 0.1) is 6.92 Å². The molecule has 8 heteroatoms. The molecule has 0 saturated heterocycles. The lowest BCUT2D eigenvalue weighted by Gasteiger charge is -2.25. The minimum Gasteiger partial charge on any atom is -0.348 e. The number of amides is 1. The summed E-state index contributed by atoms with van der Waals surface area (Å²) in [6, 6.07) is 18.6. The number of hydrogen-bond acceptors (Lipinski definition) is 3. The maximum absolute atomic E-state index is 13.5. The molecule has 3 aromatic rings. The zero-order valence-electron chi connectivity index (χ0n) is 18.7. The number of nitrogens with zero attached hydrogens (tertiary/aromatic N) is 1. The summed E-state index contributed by atoms with van der Waals surface area (Å²) >= 11 is 12.2. The molecule has 0 spiro atoms. The second-order valence-electron chi connectivity index (χ2n) is 7.81. The Morgan fingerprint density at radius 2 is 1.61 bits per heavy atom. The van der Waals surface area contributed by atoms with Crippen molar-refractivity contribution in [2.45, 2.75) is 38.1 Å². The summed E-state index contributed by atoms with van der Waals surface area (Å²) in [5, 5.41) is 3.38. The highest BCUT2D eigenvalue weighted by atomic mass is 35.5. The predicted molar refractivity (Wildman–Crippen MR) is 135 cm³/mol. The summed E-state index contributed by atoms with van der Waals surface area (Å²) in [7, 11) is -4.03. The second-order valence-corrected chi connectivity index (χ2v) is 10.5. The fraction of sp³-hybridized carbons (Fsp3) is 0.240. The Morgan fingerprint density at radius 1 is 0.970 bits per heavy atom. The Bertz CT molecular complexity index is 1230. The number of hydrogen-bond donors (Lipinski definition) is 1. The van der Waals surface area contributed by atoms with Crippen molar-refractivity contribution in [1.29, 1.82) is 0 Å². The summed E-state index contributed by atoms with van der Waals surface area (Å²) in [4.78, 5) is 13.0. The van der Waals surface area contributed by atoms with Crippen LogP contribution in [-0.2, 0) is 21.2 Å². The van der Waals surface area contributed by atoms with Crippen LogP contribution in [0.25, 0.3) is 0 Å². The SMILES string of the molecule is CCc1ccc(C(C)NC(=O)CN(c2ccc(Cl)c(Cl)c2)S(=O)(=O)c2ccc(C)cc2)cc1. The molecule has 1 atom stereocenters. The maximum atomic E-state index is 13.5. The average molecular weight is 505 g/mol. The van der Waals surface area contributed by atoms with Crippen LogP contribution >= 0.6 is 23.2 Å². The zero-order valence-corrected chi connectivity index (χ0v) is 21.0. The number of carbonyl (C=O) groups excluding carboxylic acids is 1. The van der Waals surface area contributed by atoms with Crippen LogP contribution in [0.4, 0.5) is 5.69 Å². The van der Waals surface area contributed by atoms with Crippen molar-refractivity contribution < 1.29 is 13.2 Å². The number of sulfonamides is 1. The average Bonchev–Trinajstić information content (AvgIpc) is 2.79. The molecule has 174 valence electrons. The number of carbonyl (C=O) groups is 1. The Hall–Kier alpha value is -2.54. The van der Waals surface area contributed by atoms with Gasteiger partial charge in [-0.25, -0.2) is 8.42 Å². The van der Waals surface area contributed by atoms with Crippen molar-refractivity contribution in [2.24, 2.45) is 0 Å². The smallest absolute Gasteiger partial charge is 0.264 e. The summed E-state index contributed by atoms with van der Waals surface area (Å²) in [5.41, 5.74) is 3.31. The fourth-order valence-corrected chi connectivity index (χ4v) is 5.04. The Morgan fingerprint density at radius 3 is 2.18 bits per heavy atom. The molecule has 0 bridgehead atoms. The number of benzene rings is 3. The van der Waals surface area contributed by atoms with Crippen molar-refractivity contribution in [2.75, 3.05) is 10.8 Å². The lowest BCUT2D eigenvalue weighted by Crippen LogP contribution is -2.41. The Labute approximate surface area is 205 Å². The number of halogens is 2. The highest BCUT2D eigenvalue weighted by Crippen LogP contribution is 2.30. The molecule has 3 aromatic carbocycles. The molecule has 0 aliphatic heterocycles. The first-order chi connectivity index (χ1) is 15.6. The van der Waals surface area contributed by atoms with E-state index in [0.29, 0.717) is 5.02 Å². The Balaban J connectivity index is 1.89. The van der Waals surface area contributed by atoms with Gasteiger partial charge in [0.2, 0.25) is 5.91 Å². The van der Waals surface area contributed by atoms with Crippen LogP contribution in [0.5, 0.6) is 0 Å². The van der Waals surface area contributed by atoms with E-state index in [2.05, 4.69) is 12.2 Å². The standard InChI is InChI=1S/C25H26Cl2N2O3S/c1-4-19-7-9-20(10-8-19)18(3)28-25(30)16-29(21-11-14-23(26)24(27)15-21)33(31,32)22-12-5-17(2)6-13-22/h5-15,18H,4,16H2,1-3H3,(H,28,30). The zero-order chi connectivity index (χ0) is 24.2. The first-order valence-electron chi connectivity index (χ1n) is 10.5. The number of anilines is 1. The second kappa shape index (κ2) is 10.6. The van der Waals surface area contributed by atoms with E-state index < -0.39 is 22.5 Å². The van der Waals surface area contributed by atoms with Crippen LogP contribution < -0.4 is 9.62 Å². The van der Waals surface area contributed by atoms with Gasteiger partial charge in [-0.3, -0.25) is 9.10 Å². The van der Waals surface area contributed by atoms with Crippen LogP contribution in [0.2, 0.25) is 10.0 Å². The van der Waals surface area contributed by atoms with Gasteiger partial charge in [0.05, 0.1) is 26.7 Å². The molecule has 0 saturated carbocycles. The molecule has 3 rings (SSSR count). The van der Waals surface area contributed by atoms with Gasteiger partial charge in [-0.2, -0.15) is 0 Å². The van der Waals surface area contributed by atoms with Gasteiger partial charge in [0.1, 0.15) is 6.54 Å². The molecule has 5 nitrogen and oxygen atoms in total. The molecule has 0 aliphatic carbocycles. The van der Waals surface area contributed by atoms with Crippen molar-refractivity contribution in [3.8, 4) is 0 Å². The maximum Gasteiger partial charge on any atom is 0.264 e. The summed E-state index contributed by atoms with van der Waals surface area (Å²) in [6.45, 7) is 5.39. The minimum atomic E-state index is -4.03. The molecular formula is C25H26Cl2N2O3S. The summed E-state index contributed by atoms with van der Waals surface area (Å²) in [6.07, 6.45) is 0.927. The molecule has 0 aromatic heterocycles. The lowest BCUT2D eigenvalue weighted by atomic mass is 10.1. The lowest BCUT2D eigenvalue weighted by molar-refractivity contribution is -0.120. The van der Waals surface area contributed by atoms with E-state index in [4.69, 9.17) is 23.2 Å². The molecule has 0 heterocycles. The molecule has 0 fully saturated rings. The third-order valence-corrected chi connectivity index (χ3v) is 7.88. The number of nitrogens with one attached hydrogen (secondary N) is 1. The first kappa shape index (κ1) is 25.1. The van der Waals surface area contributed by atoms with Gasteiger partial charge in [0, 0.05) is 0 Å². The van der Waals surface area contributed by atoms with Gasteiger partial charge in [0.15, 0.2) is 0 Å². The van der Waals surface area contributed by atoms with Crippen LogP contribution in [0.3, 0.4) is 0 Å². The van der Waals surface area contributed by atoms with Crippen LogP contribution in [0.15, 0.2) is 71.6 Å². The third kappa shape index (κ3) is 6.08. The number of aryl methyl sites for hydroxylation is 2. The predicted octanol–water partition coefficient (Wildman–Crippen LogP) is 5.94. The van der Waals surface area contributed by atoms with Crippen LogP contribution in [0.1, 0.15) is 36.6 Å². The van der Waals surface area contributed by atoms with E-state index in [1.165, 1.54) is 35.9 Å². The Kier molecular flexibility index (Phi) is 8.05. The van der Waals surface area contributed by atoms with Gasteiger partial charge < -0.3 is 5.32 Å². The van der Waals surface area contributed by atoms with Crippen LogP contribution in [-0.4, -0.2) is 20.9 Å². The van der Waals surface area contributed by atoms with Gasteiger partial charge in [0.25, 0.3) is 10.0 Å². The van der Waals surface area contributed by atoms with E-state index >= 15 is 0 Å². The monoisotopic (exact) mass is 504 g/mol. The van der Waals surface area contributed by atoms with E-state index in [1.54, 1.807) is 12.1 Å². The molecule has 33 heavy (non-hydrogen) atoms. The molecule has 0 radical (unpaired) electrons. The van der Waals surface area contributed by atoms with E-state index in [1.807, 2.05) is 38.1 Å². The van der Waals surface area contributed by atoms with E-state index in [-0.39, 0.29) is 21.6 Å². The van der Waals surface area contributed by atoms with Crippen molar-refractivity contribution in [1.82, 2.24) is 5.32 Å². The van der Waals surface area contributed by atoms with Gasteiger partial charge in [-0.15, -0.1) is 0 Å². The van der Waals surface area contributed by atoms with E-state index in [0.717, 1.165) is 21.9 Å². The van der Waals surface area contributed by atoms with Gasteiger partial charge in [-0.1, -0.05) is 72.1 Å². The molecule has 1 unspecified atom stereocenters. The van der Waals surface area contributed by atoms with E-state index in [9.17, 15) is 13.2 Å². The summed E-state index contributed by atoms with van der Waals surface area (Å²) in [5.74, 6) is -0.441. The first-order valence-corrected chi connectivity index (χ1v) is 12.7. The fourth-order valence-electron chi connectivity index (χ4n) is 3.34. The molecule has 0 aliphatic rings. The quantitative estimate of drug-likeness (QED) is 0.412. The van der Waals surface area contributed by atoms with Gasteiger partial charge in [-0.05, 0) is 61.7 Å². The topological polar surface area (TPSA) is 66.5 Å². The molecule has 1 amide bonds. The normalized spacial score (nSPS) is 12.3. The molecular weight excluding hydrogens is 479 g/mol. The highest BCUT2D eigenvalue weighted by Gasteiger charge is 2.28. The van der Waals surface area contributed by atoms with Crippen molar-refractivity contribution in [3.63, 3.8) is 0 Å². The largest absolute Gasteiger partial charge is 0.348 e. The van der Waals surface area contributed by atoms with Crippen molar-refractivity contribution >= 4 is 44.8 Å². The minimum absolute atomic E-state index is 0.0789. The number of rotatable bonds is 8. The summed E-state index contributed by atoms with van der Waals surface area (Å²) < 4.78 is 28.0. The van der Waals surface area contributed by atoms with Crippen molar-refractivity contribution in [3.05, 3.63) is 93.5 Å².